The Balaban J connectivity index is 2.28. The van der Waals surface area contributed by atoms with E-state index in [1.807, 2.05) is 24.3 Å². The van der Waals surface area contributed by atoms with Gasteiger partial charge in [0.1, 0.15) is 0 Å². The second-order valence-electron chi connectivity index (χ2n) is 4.09. The number of phenols is 2. The number of hydrogen-bond acceptors (Lipinski definition) is 2. The SMILES string of the molecule is C=C(F)Cc1ccc(-c2ccc(O)c(O)c2)cc1. The summed E-state index contributed by atoms with van der Waals surface area (Å²) in [5.74, 6) is -0.678. The van der Waals surface area contributed by atoms with E-state index in [0.717, 1.165) is 16.7 Å². The van der Waals surface area contributed by atoms with E-state index in [0.29, 0.717) is 0 Å². The largest absolute Gasteiger partial charge is 0.504 e. The zero-order valence-electron chi connectivity index (χ0n) is 9.73. The fourth-order valence-electron chi connectivity index (χ4n) is 1.74. The van der Waals surface area contributed by atoms with E-state index >= 15 is 0 Å². The normalized spacial score (nSPS) is 10.3. The molecule has 0 spiro atoms. The highest BCUT2D eigenvalue weighted by Gasteiger charge is 2.03. The molecule has 2 nitrogen and oxygen atoms in total. The fourth-order valence-corrected chi connectivity index (χ4v) is 1.74. The molecular formula is C15H13FO2. The predicted molar refractivity (Wildman–Crippen MR) is 69.2 cm³/mol. The zero-order chi connectivity index (χ0) is 13.1. The van der Waals surface area contributed by atoms with Crippen molar-refractivity contribution in [3.63, 3.8) is 0 Å². The van der Waals surface area contributed by atoms with Crippen LogP contribution >= 0.6 is 0 Å². The maximum absolute atomic E-state index is 12.7. The van der Waals surface area contributed by atoms with Crippen LogP contribution in [0.25, 0.3) is 11.1 Å². The van der Waals surface area contributed by atoms with Crippen LogP contribution in [0, 0.1) is 0 Å². The summed E-state index contributed by atoms with van der Waals surface area (Å²) in [6.45, 7) is 3.22. The van der Waals surface area contributed by atoms with E-state index in [9.17, 15) is 14.6 Å². The van der Waals surface area contributed by atoms with Gasteiger partial charge in [-0.3, -0.25) is 0 Å². The van der Waals surface area contributed by atoms with E-state index in [1.54, 1.807) is 6.07 Å². The van der Waals surface area contributed by atoms with Gasteiger partial charge in [-0.15, -0.1) is 0 Å². The minimum atomic E-state index is -0.370. The first-order valence-electron chi connectivity index (χ1n) is 5.51. The standard InChI is InChI=1S/C15H13FO2/c1-10(16)8-11-2-4-12(5-3-11)13-6-7-14(17)15(18)9-13/h2-7,9,17-18H,1,8H2. The molecular weight excluding hydrogens is 231 g/mol. The first kappa shape index (κ1) is 12.2. The molecule has 2 aromatic rings. The molecule has 0 bridgehead atoms. The average Bonchev–Trinajstić information content (AvgIpc) is 2.33. The summed E-state index contributed by atoms with van der Waals surface area (Å²) in [5.41, 5.74) is 2.52. The molecule has 3 heteroatoms. The van der Waals surface area contributed by atoms with Gasteiger partial charge in [0.2, 0.25) is 0 Å². The number of halogens is 1. The number of benzene rings is 2. The van der Waals surface area contributed by atoms with Gasteiger partial charge in [0.15, 0.2) is 11.5 Å². The molecule has 0 aliphatic rings. The molecule has 92 valence electrons. The van der Waals surface area contributed by atoms with Gasteiger partial charge in [-0.05, 0) is 28.8 Å². The molecule has 0 amide bonds. The molecule has 18 heavy (non-hydrogen) atoms. The molecule has 0 saturated carbocycles. The zero-order valence-corrected chi connectivity index (χ0v) is 9.73. The molecule has 2 aromatic carbocycles. The lowest BCUT2D eigenvalue weighted by Crippen LogP contribution is -1.85. The Hall–Kier alpha value is -2.29. The molecule has 0 aliphatic carbocycles. The molecule has 2 rings (SSSR count). The van der Waals surface area contributed by atoms with Crippen LogP contribution in [0.5, 0.6) is 11.5 Å². The highest BCUT2D eigenvalue weighted by Crippen LogP contribution is 2.30. The van der Waals surface area contributed by atoms with Gasteiger partial charge in [-0.25, -0.2) is 4.39 Å². The number of phenolic OH excluding ortho intramolecular Hbond substituents is 2. The quantitative estimate of drug-likeness (QED) is 0.806. The van der Waals surface area contributed by atoms with Crippen LogP contribution in [0.1, 0.15) is 5.56 Å². The number of aromatic hydroxyl groups is 2. The van der Waals surface area contributed by atoms with Crippen LogP contribution < -0.4 is 0 Å². The molecule has 0 radical (unpaired) electrons. The topological polar surface area (TPSA) is 40.5 Å². The summed E-state index contributed by atoms with van der Waals surface area (Å²) in [5, 5.41) is 18.7. The van der Waals surface area contributed by atoms with Gasteiger partial charge in [-0.1, -0.05) is 36.9 Å². The summed E-state index contributed by atoms with van der Waals surface area (Å²) in [6, 6.07) is 11.9. The Labute approximate surface area is 105 Å². The monoisotopic (exact) mass is 244 g/mol. The second-order valence-corrected chi connectivity index (χ2v) is 4.09. The van der Waals surface area contributed by atoms with Crippen LogP contribution in [-0.2, 0) is 6.42 Å². The van der Waals surface area contributed by atoms with E-state index in [2.05, 4.69) is 6.58 Å². The first-order chi connectivity index (χ1) is 8.56. The highest BCUT2D eigenvalue weighted by atomic mass is 19.1. The van der Waals surface area contributed by atoms with Crippen molar-refractivity contribution in [3.8, 4) is 22.6 Å². The highest BCUT2D eigenvalue weighted by molar-refractivity contribution is 5.67. The molecule has 2 N–H and O–H groups in total. The second kappa shape index (κ2) is 4.92. The van der Waals surface area contributed by atoms with Crippen molar-refractivity contribution >= 4 is 0 Å². The van der Waals surface area contributed by atoms with Gasteiger partial charge in [0.25, 0.3) is 0 Å². The van der Waals surface area contributed by atoms with Gasteiger partial charge in [0, 0.05) is 6.42 Å². The van der Waals surface area contributed by atoms with Crippen molar-refractivity contribution in [2.45, 2.75) is 6.42 Å². The molecule has 0 atom stereocenters. The molecule has 0 heterocycles. The molecule has 0 aliphatic heterocycles. The Morgan fingerprint density at radius 3 is 2.11 bits per heavy atom. The van der Waals surface area contributed by atoms with Crippen molar-refractivity contribution in [3.05, 3.63) is 60.4 Å². The first-order valence-corrected chi connectivity index (χ1v) is 5.51. The van der Waals surface area contributed by atoms with E-state index in [-0.39, 0.29) is 23.7 Å². The summed E-state index contributed by atoms with van der Waals surface area (Å²) >= 11 is 0. The van der Waals surface area contributed by atoms with Crippen molar-refractivity contribution in [2.24, 2.45) is 0 Å². The van der Waals surface area contributed by atoms with Crippen LogP contribution in [0.2, 0.25) is 0 Å². The summed E-state index contributed by atoms with van der Waals surface area (Å²) in [7, 11) is 0. The van der Waals surface area contributed by atoms with Crippen LogP contribution in [-0.4, -0.2) is 10.2 Å². The summed E-state index contributed by atoms with van der Waals surface area (Å²) in [6.07, 6.45) is 0.209. The van der Waals surface area contributed by atoms with E-state index in [4.69, 9.17) is 0 Å². The smallest absolute Gasteiger partial charge is 0.158 e. The van der Waals surface area contributed by atoms with Crippen LogP contribution in [0.15, 0.2) is 54.9 Å². The van der Waals surface area contributed by atoms with Crippen LogP contribution in [0.3, 0.4) is 0 Å². The lowest BCUT2D eigenvalue weighted by Gasteiger charge is -2.05. The fraction of sp³-hybridized carbons (Fsp3) is 0.0667. The van der Waals surface area contributed by atoms with Crippen molar-refractivity contribution < 1.29 is 14.6 Å². The Morgan fingerprint density at radius 1 is 0.944 bits per heavy atom. The molecule has 0 unspecified atom stereocenters. The Bertz CT molecular complexity index is 574. The lowest BCUT2D eigenvalue weighted by atomic mass is 10.0. The number of hydrogen-bond donors (Lipinski definition) is 2. The Kier molecular flexibility index (Phi) is 3.33. The maximum Gasteiger partial charge on any atom is 0.158 e. The minimum absolute atomic E-state index is 0.149. The van der Waals surface area contributed by atoms with Crippen molar-refractivity contribution in [2.75, 3.05) is 0 Å². The third kappa shape index (κ3) is 2.69. The van der Waals surface area contributed by atoms with E-state index in [1.165, 1.54) is 12.1 Å². The van der Waals surface area contributed by atoms with Gasteiger partial charge in [-0.2, -0.15) is 0 Å². The molecule has 0 saturated heterocycles. The number of rotatable bonds is 3. The van der Waals surface area contributed by atoms with Crippen molar-refractivity contribution in [1.82, 2.24) is 0 Å². The maximum atomic E-state index is 12.7. The minimum Gasteiger partial charge on any atom is -0.504 e. The molecule has 0 fully saturated rings. The van der Waals surface area contributed by atoms with Gasteiger partial charge < -0.3 is 10.2 Å². The van der Waals surface area contributed by atoms with E-state index < -0.39 is 0 Å². The Morgan fingerprint density at radius 2 is 1.56 bits per heavy atom. The summed E-state index contributed by atoms with van der Waals surface area (Å²) < 4.78 is 12.7. The predicted octanol–water partition coefficient (Wildman–Crippen LogP) is 3.79. The summed E-state index contributed by atoms with van der Waals surface area (Å²) in [4.78, 5) is 0. The molecule has 0 aromatic heterocycles. The third-order valence-corrected chi connectivity index (χ3v) is 2.66. The lowest BCUT2D eigenvalue weighted by molar-refractivity contribution is 0.404. The van der Waals surface area contributed by atoms with Gasteiger partial charge in [0.05, 0.1) is 5.83 Å². The van der Waals surface area contributed by atoms with Gasteiger partial charge >= 0.3 is 0 Å². The number of allylic oxidation sites excluding steroid dienone is 1. The van der Waals surface area contributed by atoms with Crippen LogP contribution in [0.4, 0.5) is 4.39 Å². The third-order valence-electron chi connectivity index (χ3n) is 2.66. The average molecular weight is 244 g/mol. The van der Waals surface area contributed by atoms with Crippen molar-refractivity contribution in [1.29, 1.82) is 0 Å².